The molecule has 2 heterocycles. The summed E-state index contributed by atoms with van der Waals surface area (Å²) in [6.45, 7) is 3.05. The number of hydrogen-bond acceptors (Lipinski definition) is 3. The molecule has 2 unspecified atom stereocenters. The van der Waals surface area contributed by atoms with E-state index < -0.39 is 0 Å². The van der Waals surface area contributed by atoms with Gasteiger partial charge in [0.15, 0.2) is 0 Å². The van der Waals surface area contributed by atoms with Gasteiger partial charge in [-0.3, -0.25) is 4.79 Å². The molecule has 0 spiro atoms. The number of hydrogen-bond donors (Lipinski definition) is 1. The summed E-state index contributed by atoms with van der Waals surface area (Å²) in [5.74, 6) is 1.51. The quantitative estimate of drug-likeness (QED) is 0.928. The van der Waals surface area contributed by atoms with Crippen LogP contribution < -0.4 is 10.1 Å². The van der Waals surface area contributed by atoms with Gasteiger partial charge in [0, 0.05) is 18.2 Å². The zero-order chi connectivity index (χ0) is 14.7. The van der Waals surface area contributed by atoms with Gasteiger partial charge in [0.1, 0.15) is 5.75 Å². The summed E-state index contributed by atoms with van der Waals surface area (Å²) in [6, 6.07) is 7.90. The van der Waals surface area contributed by atoms with E-state index in [1.807, 2.05) is 24.3 Å². The Bertz CT molecular complexity index is 497. The van der Waals surface area contributed by atoms with Crippen molar-refractivity contribution in [2.24, 2.45) is 5.92 Å². The van der Waals surface area contributed by atoms with Gasteiger partial charge in [-0.25, -0.2) is 0 Å². The number of amides is 1. The number of benzene rings is 1. The zero-order valence-electron chi connectivity index (χ0n) is 12.7. The van der Waals surface area contributed by atoms with Crippen molar-refractivity contribution >= 4 is 5.91 Å². The second-order valence-electron chi connectivity index (χ2n) is 6.05. The number of methoxy groups -OCH3 is 1. The molecule has 0 aromatic heterocycles. The molecule has 1 aromatic rings. The minimum Gasteiger partial charge on any atom is -0.497 e. The van der Waals surface area contributed by atoms with Gasteiger partial charge in [-0.2, -0.15) is 0 Å². The molecule has 0 saturated carbocycles. The van der Waals surface area contributed by atoms with Crippen LogP contribution in [0.4, 0.5) is 0 Å². The standard InChI is InChI=1S/C17H24N2O2/c1-21-15-7-2-5-13(11-15)17(20)19-10-4-8-16(19)14-6-3-9-18-12-14/h2,5,7,11,14,16,18H,3-4,6,8-10,12H2,1H3. The topological polar surface area (TPSA) is 41.6 Å². The van der Waals surface area contributed by atoms with Gasteiger partial charge in [-0.05, 0) is 62.9 Å². The first-order chi connectivity index (χ1) is 10.3. The van der Waals surface area contributed by atoms with E-state index in [0.29, 0.717) is 12.0 Å². The molecular formula is C17H24N2O2. The average molecular weight is 288 g/mol. The predicted molar refractivity (Wildman–Crippen MR) is 82.6 cm³/mol. The van der Waals surface area contributed by atoms with Crippen LogP contribution in [0.5, 0.6) is 5.75 Å². The van der Waals surface area contributed by atoms with Gasteiger partial charge in [0.25, 0.3) is 5.91 Å². The Balaban J connectivity index is 1.75. The third kappa shape index (κ3) is 3.05. The highest BCUT2D eigenvalue weighted by atomic mass is 16.5. The molecule has 4 heteroatoms. The molecule has 1 aromatic carbocycles. The van der Waals surface area contributed by atoms with Crippen LogP contribution in [-0.2, 0) is 0 Å². The van der Waals surface area contributed by atoms with Crippen LogP contribution in [0.15, 0.2) is 24.3 Å². The fraction of sp³-hybridized carbons (Fsp3) is 0.588. The van der Waals surface area contributed by atoms with Gasteiger partial charge in [-0.15, -0.1) is 0 Å². The van der Waals surface area contributed by atoms with Crippen molar-refractivity contribution in [2.75, 3.05) is 26.7 Å². The van der Waals surface area contributed by atoms with Gasteiger partial charge in [0.2, 0.25) is 0 Å². The minimum absolute atomic E-state index is 0.155. The summed E-state index contributed by atoms with van der Waals surface area (Å²) >= 11 is 0. The molecule has 21 heavy (non-hydrogen) atoms. The molecule has 3 rings (SSSR count). The Labute approximate surface area is 126 Å². The molecule has 0 radical (unpaired) electrons. The summed E-state index contributed by atoms with van der Waals surface area (Å²) in [6.07, 6.45) is 4.72. The van der Waals surface area contributed by atoms with Crippen molar-refractivity contribution in [1.29, 1.82) is 0 Å². The monoisotopic (exact) mass is 288 g/mol. The number of likely N-dealkylation sites (tertiary alicyclic amines) is 1. The second-order valence-corrected chi connectivity index (χ2v) is 6.05. The van der Waals surface area contributed by atoms with E-state index >= 15 is 0 Å². The highest BCUT2D eigenvalue weighted by Gasteiger charge is 2.35. The van der Waals surface area contributed by atoms with Crippen LogP contribution in [-0.4, -0.2) is 43.6 Å². The summed E-state index contributed by atoms with van der Waals surface area (Å²) in [7, 11) is 1.63. The predicted octanol–water partition coefficient (Wildman–Crippen LogP) is 2.30. The van der Waals surface area contributed by atoms with Crippen LogP contribution in [0.3, 0.4) is 0 Å². The van der Waals surface area contributed by atoms with E-state index in [4.69, 9.17) is 4.74 Å². The van der Waals surface area contributed by atoms with E-state index in [0.717, 1.165) is 43.8 Å². The molecule has 2 aliphatic rings. The molecular weight excluding hydrogens is 264 g/mol. The Kier molecular flexibility index (Phi) is 4.44. The first-order valence-electron chi connectivity index (χ1n) is 7.95. The molecule has 2 atom stereocenters. The minimum atomic E-state index is 0.155. The highest BCUT2D eigenvalue weighted by molar-refractivity contribution is 5.95. The Hall–Kier alpha value is -1.55. The normalized spacial score (nSPS) is 25.9. The number of rotatable bonds is 3. The number of carbonyl (C=O) groups is 1. The van der Waals surface area contributed by atoms with E-state index in [9.17, 15) is 4.79 Å². The maximum absolute atomic E-state index is 12.8. The first kappa shape index (κ1) is 14.4. The van der Waals surface area contributed by atoms with E-state index in [1.54, 1.807) is 7.11 Å². The van der Waals surface area contributed by atoms with Crippen molar-refractivity contribution in [3.8, 4) is 5.75 Å². The van der Waals surface area contributed by atoms with E-state index in [-0.39, 0.29) is 5.91 Å². The van der Waals surface area contributed by atoms with Gasteiger partial charge in [0.05, 0.1) is 7.11 Å². The fourth-order valence-electron chi connectivity index (χ4n) is 3.66. The second kappa shape index (κ2) is 6.48. The molecule has 1 N–H and O–H groups in total. The van der Waals surface area contributed by atoms with Crippen molar-refractivity contribution in [3.63, 3.8) is 0 Å². The first-order valence-corrected chi connectivity index (χ1v) is 7.95. The molecule has 0 aliphatic carbocycles. The van der Waals surface area contributed by atoms with Crippen molar-refractivity contribution in [3.05, 3.63) is 29.8 Å². The van der Waals surface area contributed by atoms with Gasteiger partial charge >= 0.3 is 0 Å². The Morgan fingerprint density at radius 1 is 1.33 bits per heavy atom. The van der Waals surface area contributed by atoms with Crippen molar-refractivity contribution in [1.82, 2.24) is 10.2 Å². The third-order valence-corrected chi connectivity index (χ3v) is 4.76. The van der Waals surface area contributed by atoms with Gasteiger partial charge in [-0.1, -0.05) is 6.07 Å². The molecule has 1 amide bonds. The molecule has 114 valence electrons. The summed E-state index contributed by atoms with van der Waals surface area (Å²) in [5, 5.41) is 3.47. The summed E-state index contributed by atoms with van der Waals surface area (Å²) in [4.78, 5) is 14.9. The Morgan fingerprint density at radius 3 is 3.00 bits per heavy atom. The number of piperidine rings is 1. The van der Waals surface area contributed by atoms with Crippen molar-refractivity contribution < 1.29 is 9.53 Å². The molecule has 2 saturated heterocycles. The summed E-state index contributed by atoms with van der Waals surface area (Å²) < 4.78 is 5.23. The smallest absolute Gasteiger partial charge is 0.254 e. The number of ether oxygens (including phenoxy) is 1. The molecule has 0 bridgehead atoms. The third-order valence-electron chi connectivity index (χ3n) is 4.76. The maximum atomic E-state index is 12.8. The fourth-order valence-corrected chi connectivity index (χ4v) is 3.66. The lowest BCUT2D eigenvalue weighted by Gasteiger charge is -2.34. The lowest BCUT2D eigenvalue weighted by Crippen LogP contribution is -2.45. The molecule has 2 fully saturated rings. The van der Waals surface area contributed by atoms with Gasteiger partial charge < -0.3 is 15.0 Å². The lowest BCUT2D eigenvalue weighted by atomic mass is 9.90. The van der Waals surface area contributed by atoms with Crippen LogP contribution in [0.1, 0.15) is 36.0 Å². The maximum Gasteiger partial charge on any atom is 0.254 e. The van der Waals surface area contributed by atoms with E-state index in [1.165, 1.54) is 12.8 Å². The highest BCUT2D eigenvalue weighted by Crippen LogP contribution is 2.30. The molecule has 4 nitrogen and oxygen atoms in total. The zero-order valence-corrected chi connectivity index (χ0v) is 12.7. The van der Waals surface area contributed by atoms with Crippen LogP contribution in [0, 0.1) is 5.92 Å². The van der Waals surface area contributed by atoms with Crippen LogP contribution >= 0.6 is 0 Å². The van der Waals surface area contributed by atoms with Crippen molar-refractivity contribution in [2.45, 2.75) is 31.7 Å². The largest absolute Gasteiger partial charge is 0.497 e. The average Bonchev–Trinajstić information content (AvgIpc) is 3.04. The van der Waals surface area contributed by atoms with Crippen LogP contribution in [0.25, 0.3) is 0 Å². The number of carbonyl (C=O) groups excluding carboxylic acids is 1. The van der Waals surface area contributed by atoms with Crippen LogP contribution in [0.2, 0.25) is 0 Å². The summed E-state index contributed by atoms with van der Waals surface area (Å²) in [5.41, 5.74) is 0.741. The number of nitrogens with zero attached hydrogens (tertiary/aromatic N) is 1. The van der Waals surface area contributed by atoms with E-state index in [2.05, 4.69) is 10.2 Å². The lowest BCUT2D eigenvalue weighted by molar-refractivity contribution is 0.0670. The molecule has 2 aliphatic heterocycles. The SMILES string of the molecule is COc1cccc(C(=O)N2CCCC2C2CCCNC2)c1. The number of nitrogens with one attached hydrogen (secondary N) is 1. The Morgan fingerprint density at radius 2 is 2.24 bits per heavy atom.